The van der Waals surface area contributed by atoms with Gasteiger partial charge < -0.3 is 14.2 Å². The molecular weight excluding hydrogens is 412 g/mol. The molecule has 2 atom stereocenters. The Labute approximate surface area is 149 Å². The number of methoxy groups -OCH3 is 1. The summed E-state index contributed by atoms with van der Waals surface area (Å²) >= 11 is 6.86. The molecule has 1 unspecified atom stereocenters. The van der Waals surface area contributed by atoms with Gasteiger partial charge in [-0.05, 0) is 68.3 Å². The van der Waals surface area contributed by atoms with E-state index in [2.05, 4.69) is 56.1 Å². The molecule has 0 spiro atoms. The molecule has 1 heterocycles. The number of benzene rings is 1. The summed E-state index contributed by atoms with van der Waals surface area (Å²) in [6.07, 6.45) is 5.96. The first-order valence-corrected chi connectivity index (χ1v) is 9.12. The Morgan fingerprint density at radius 1 is 1.36 bits per heavy atom. The Balaban J connectivity index is 2.02. The van der Waals surface area contributed by atoms with Crippen LogP contribution in [0.2, 0.25) is 0 Å². The fourth-order valence-corrected chi connectivity index (χ4v) is 3.14. The predicted octanol–water partition coefficient (Wildman–Crippen LogP) is 4.92. The molecule has 122 valence electrons. The van der Waals surface area contributed by atoms with Gasteiger partial charge in [-0.1, -0.05) is 24.3 Å². The lowest BCUT2D eigenvalue weighted by Crippen LogP contribution is -2.28. The molecule has 1 aliphatic rings. The summed E-state index contributed by atoms with van der Waals surface area (Å²) in [5.74, 6) is 0. The molecule has 1 aromatic carbocycles. The highest BCUT2D eigenvalue weighted by Crippen LogP contribution is 2.22. The molecular formula is C17H22Br2O3. The van der Waals surface area contributed by atoms with E-state index < -0.39 is 0 Å². The van der Waals surface area contributed by atoms with Crippen molar-refractivity contribution in [2.75, 3.05) is 13.7 Å². The van der Waals surface area contributed by atoms with Gasteiger partial charge in [0.05, 0.1) is 16.1 Å². The molecule has 1 aliphatic heterocycles. The van der Waals surface area contributed by atoms with Crippen LogP contribution in [-0.4, -0.2) is 26.1 Å². The Morgan fingerprint density at radius 2 is 2.18 bits per heavy atom. The first kappa shape index (κ1) is 18.1. The summed E-state index contributed by atoms with van der Waals surface area (Å²) in [4.78, 5) is 0. The van der Waals surface area contributed by atoms with Crippen molar-refractivity contribution < 1.29 is 14.2 Å². The molecule has 0 aromatic heterocycles. The van der Waals surface area contributed by atoms with Crippen molar-refractivity contribution >= 4 is 31.9 Å². The van der Waals surface area contributed by atoms with E-state index in [9.17, 15) is 0 Å². The van der Waals surface area contributed by atoms with Crippen molar-refractivity contribution in [2.45, 2.75) is 44.7 Å². The number of hydrogen-bond donors (Lipinski definition) is 0. The summed E-state index contributed by atoms with van der Waals surface area (Å²) in [5.41, 5.74) is 2.41. The van der Waals surface area contributed by atoms with Crippen molar-refractivity contribution in [3.63, 3.8) is 0 Å². The second-order valence-corrected chi connectivity index (χ2v) is 8.16. The van der Waals surface area contributed by atoms with Gasteiger partial charge in [0.25, 0.3) is 0 Å². The molecule has 0 radical (unpaired) electrons. The van der Waals surface area contributed by atoms with E-state index >= 15 is 0 Å². The second-order valence-electron chi connectivity index (χ2n) is 5.38. The topological polar surface area (TPSA) is 27.7 Å². The normalized spacial score (nSPS) is 19.7. The lowest BCUT2D eigenvalue weighted by molar-refractivity contribution is -0.178. The van der Waals surface area contributed by atoms with Crippen LogP contribution in [-0.2, 0) is 27.2 Å². The molecule has 0 N–H and O–H groups in total. The minimum Gasteiger partial charge on any atom is -0.380 e. The molecule has 2 rings (SSSR count). The summed E-state index contributed by atoms with van der Waals surface area (Å²) in [6.45, 7) is 1.42. The van der Waals surface area contributed by atoms with E-state index in [0.717, 1.165) is 29.3 Å². The van der Waals surface area contributed by atoms with Crippen molar-refractivity contribution in [1.82, 2.24) is 0 Å². The van der Waals surface area contributed by atoms with Crippen LogP contribution >= 0.6 is 31.9 Å². The van der Waals surface area contributed by atoms with E-state index in [-0.39, 0.29) is 12.4 Å². The number of hydrogen-bond acceptors (Lipinski definition) is 3. The van der Waals surface area contributed by atoms with Gasteiger partial charge in [-0.3, -0.25) is 0 Å². The van der Waals surface area contributed by atoms with Gasteiger partial charge in [0.15, 0.2) is 6.29 Å². The summed E-state index contributed by atoms with van der Waals surface area (Å²) in [5, 5.41) is 0. The van der Waals surface area contributed by atoms with Crippen molar-refractivity contribution in [3.8, 4) is 0 Å². The fourth-order valence-electron chi connectivity index (χ4n) is 2.55. The summed E-state index contributed by atoms with van der Waals surface area (Å²) < 4.78 is 17.9. The standard InChI is InChI=1S/C17H22Br2O3/c1-20-12-14-6-4-5-13(9-14)10-15(11-16(18)19)22-17-7-2-3-8-21-17/h4-6,9,11,15,17H,2-3,7-8,10,12H2,1H3/t15-,17?/m0/s1. The van der Waals surface area contributed by atoms with Crippen LogP contribution in [0.25, 0.3) is 0 Å². The molecule has 0 aliphatic carbocycles. The third-order valence-corrected chi connectivity index (χ3v) is 4.04. The summed E-state index contributed by atoms with van der Waals surface area (Å²) in [6, 6.07) is 8.42. The van der Waals surface area contributed by atoms with Crippen molar-refractivity contribution in [1.29, 1.82) is 0 Å². The lowest BCUT2D eigenvalue weighted by Gasteiger charge is -2.26. The number of halogens is 2. The highest BCUT2D eigenvalue weighted by molar-refractivity contribution is 9.28. The zero-order chi connectivity index (χ0) is 15.8. The van der Waals surface area contributed by atoms with Crippen LogP contribution in [0.15, 0.2) is 33.7 Å². The molecule has 1 fully saturated rings. The third-order valence-electron chi connectivity index (χ3n) is 3.52. The maximum absolute atomic E-state index is 6.12. The smallest absolute Gasteiger partial charge is 0.158 e. The lowest BCUT2D eigenvalue weighted by atomic mass is 10.0. The molecule has 1 saturated heterocycles. The third kappa shape index (κ3) is 6.50. The van der Waals surface area contributed by atoms with Gasteiger partial charge >= 0.3 is 0 Å². The van der Waals surface area contributed by atoms with Gasteiger partial charge in [-0.25, -0.2) is 0 Å². The molecule has 0 saturated carbocycles. The predicted molar refractivity (Wildman–Crippen MR) is 95.3 cm³/mol. The van der Waals surface area contributed by atoms with Gasteiger partial charge in [0.1, 0.15) is 0 Å². The van der Waals surface area contributed by atoms with E-state index in [4.69, 9.17) is 14.2 Å². The average Bonchev–Trinajstić information content (AvgIpc) is 2.48. The van der Waals surface area contributed by atoms with Crippen molar-refractivity contribution in [2.24, 2.45) is 0 Å². The van der Waals surface area contributed by atoms with E-state index in [1.807, 2.05) is 6.08 Å². The highest BCUT2D eigenvalue weighted by Gasteiger charge is 2.19. The number of ether oxygens (including phenoxy) is 3. The largest absolute Gasteiger partial charge is 0.380 e. The molecule has 5 heteroatoms. The first-order valence-electron chi connectivity index (χ1n) is 7.54. The van der Waals surface area contributed by atoms with E-state index in [0.29, 0.717) is 6.61 Å². The SMILES string of the molecule is COCc1cccc(C[C@@H](C=C(Br)Br)OC2CCCCO2)c1. The van der Waals surface area contributed by atoms with Crippen LogP contribution < -0.4 is 0 Å². The minimum absolute atomic E-state index is 0.0327. The van der Waals surface area contributed by atoms with Crippen LogP contribution in [0.5, 0.6) is 0 Å². The van der Waals surface area contributed by atoms with Gasteiger partial charge in [-0.2, -0.15) is 0 Å². The quantitative estimate of drug-likeness (QED) is 0.610. The van der Waals surface area contributed by atoms with Gasteiger partial charge in [0, 0.05) is 20.1 Å². The van der Waals surface area contributed by atoms with Crippen LogP contribution in [0.3, 0.4) is 0 Å². The molecule has 22 heavy (non-hydrogen) atoms. The number of rotatable bonds is 7. The zero-order valence-electron chi connectivity index (χ0n) is 12.8. The molecule has 0 amide bonds. The van der Waals surface area contributed by atoms with Crippen LogP contribution in [0.1, 0.15) is 30.4 Å². The molecule has 3 nitrogen and oxygen atoms in total. The van der Waals surface area contributed by atoms with Gasteiger partial charge in [0.2, 0.25) is 0 Å². The van der Waals surface area contributed by atoms with Crippen LogP contribution in [0, 0.1) is 0 Å². The Bertz CT molecular complexity index is 481. The van der Waals surface area contributed by atoms with E-state index in [1.54, 1.807) is 7.11 Å². The summed E-state index contributed by atoms with van der Waals surface area (Å²) in [7, 11) is 1.71. The second kappa shape index (κ2) is 9.83. The first-order chi connectivity index (χ1) is 10.7. The van der Waals surface area contributed by atoms with E-state index in [1.165, 1.54) is 17.5 Å². The fraction of sp³-hybridized carbons (Fsp3) is 0.529. The molecule has 1 aromatic rings. The Hall–Kier alpha value is -0.200. The average molecular weight is 434 g/mol. The maximum atomic E-state index is 6.12. The highest BCUT2D eigenvalue weighted by atomic mass is 79.9. The zero-order valence-corrected chi connectivity index (χ0v) is 15.9. The minimum atomic E-state index is -0.100. The Kier molecular flexibility index (Phi) is 8.11. The maximum Gasteiger partial charge on any atom is 0.158 e. The van der Waals surface area contributed by atoms with Crippen molar-refractivity contribution in [3.05, 3.63) is 44.9 Å². The monoisotopic (exact) mass is 432 g/mol. The Morgan fingerprint density at radius 3 is 2.86 bits per heavy atom. The molecule has 0 bridgehead atoms. The van der Waals surface area contributed by atoms with Gasteiger partial charge in [-0.15, -0.1) is 0 Å². The van der Waals surface area contributed by atoms with Crippen LogP contribution in [0.4, 0.5) is 0 Å².